The molecule has 4 atom stereocenters. The third-order valence-corrected chi connectivity index (χ3v) is 6.65. The molecular weight excluding hydrogens is 376 g/mol. The average Bonchev–Trinajstić information content (AvgIpc) is 3.02. The number of amides is 1. The summed E-state index contributed by atoms with van der Waals surface area (Å²) in [7, 11) is 0. The first-order valence-electron chi connectivity index (χ1n) is 10.7. The predicted octanol–water partition coefficient (Wildman–Crippen LogP) is 4.44. The molecule has 2 aliphatic heterocycles. The number of carbonyl (C=O) groups excluding carboxylic acids is 2. The lowest BCUT2D eigenvalue weighted by Gasteiger charge is -2.37. The van der Waals surface area contributed by atoms with Gasteiger partial charge in [-0.25, -0.2) is 4.98 Å². The number of pyridine rings is 1. The van der Waals surface area contributed by atoms with E-state index in [9.17, 15) is 9.59 Å². The molecule has 154 valence electrons. The summed E-state index contributed by atoms with van der Waals surface area (Å²) in [5, 5.41) is 0. The van der Waals surface area contributed by atoms with Crippen LogP contribution in [0.4, 0.5) is 5.82 Å². The Kier molecular flexibility index (Phi) is 4.49. The van der Waals surface area contributed by atoms with Crippen LogP contribution in [-0.4, -0.2) is 22.8 Å². The van der Waals surface area contributed by atoms with Gasteiger partial charge in [0, 0.05) is 6.20 Å². The van der Waals surface area contributed by atoms with Gasteiger partial charge in [0.25, 0.3) is 5.91 Å². The number of ether oxygens (including phenoxy) is 1. The molecule has 1 amide bonds. The van der Waals surface area contributed by atoms with Crippen molar-refractivity contribution in [2.24, 2.45) is 11.8 Å². The number of anilines is 1. The van der Waals surface area contributed by atoms with E-state index in [4.69, 9.17) is 4.74 Å². The topological polar surface area (TPSA) is 59.5 Å². The van der Waals surface area contributed by atoms with Crippen LogP contribution in [0.5, 0.6) is 0 Å². The Labute approximate surface area is 176 Å². The van der Waals surface area contributed by atoms with Crippen molar-refractivity contribution in [3.8, 4) is 0 Å². The Bertz CT molecular complexity index is 1060. The highest BCUT2D eigenvalue weighted by molar-refractivity contribution is 6.17. The molecule has 0 N–H and O–H groups in total. The Morgan fingerprint density at radius 2 is 1.80 bits per heavy atom. The standard InChI is InChI=1S/C25H26N2O3/c1-14-4-7-17(8-5-14)22-21-23(28)18-12-15(2)6-9-19(18)30-24(21)25(29)27(22)20-13-16(3)10-11-26-20/h4-5,7-8,10-11,13,15,18-19,22H,6,9,12H2,1-3H3. The second-order valence-corrected chi connectivity index (χ2v) is 8.97. The van der Waals surface area contributed by atoms with Crippen LogP contribution in [0, 0.1) is 25.7 Å². The van der Waals surface area contributed by atoms with E-state index in [0.29, 0.717) is 17.3 Å². The minimum Gasteiger partial charge on any atom is -0.483 e. The first-order chi connectivity index (χ1) is 14.4. The van der Waals surface area contributed by atoms with Crippen molar-refractivity contribution in [1.82, 2.24) is 4.98 Å². The molecule has 1 aromatic heterocycles. The highest BCUT2D eigenvalue weighted by Crippen LogP contribution is 2.48. The van der Waals surface area contributed by atoms with E-state index < -0.39 is 6.04 Å². The van der Waals surface area contributed by atoms with E-state index >= 15 is 0 Å². The number of benzene rings is 1. The zero-order chi connectivity index (χ0) is 21.0. The number of aromatic nitrogens is 1. The molecule has 1 fully saturated rings. The summed E-state index contributed by atoms with van der Waals surface area (Å²) in [5.41, 5.74) is 3.55. The molecule has 0 saturated heterocycles. The van der Waals surface area contributed by atoms with Crippen molar-refractivity contribution in [1.29, 1.82) is 0 Å². The van der Waals surface area contributed by atoms with E-state index in [1.165, 1.54) is 0 Å². The lowest BCUT2D eigenvalue weighted by molar-refractivity contribution is -0.132. The Balaban J connectivity index is 1.65. The van der Waals surface area contributed by atoms with E-state index in [1.807, 2.05) is 50.2 Å². The number of aryl methyl sites for hydroxylation is 2. The quantitative estimate of drug-likeness (QED) is 0.745. The zero-order valence-corrected chi connectivity index (χ0v) is 17.6. The van der Waals surface area contributed by atoms with Gasteiger partial charge >= 0.3 is 0 Å². The molecule has 0 bridgehead atoms. The molecule has 1 aromatic carbocycles. The Hall–Kier alpha value is -2.95. The fraction of sp³-hybridized carbons (Fsp3) is 0.400. The molecule has 3 heterocycles. The van der Waals surface area contributed by atoms with E-state index in [1.54, 1.807) is 11.1 Å². The van der Waals surface area contributed by atoms with Gasteiger partial charge < -0.3 is 4.74 Å². The number of rotatable bonds is 2. The van der Waals surface area contributed by atoms with Crippen LogP contribution in [0.3, 0.4) is 0 Å². The van der Waals surface area contributed by atoms with Crippen molar-refractivity contribution >= 4 is 17.5 Å². The first kappa shape index (κ1) is 19.0. The van der Waals surface area contributed by atoms with Crippen LogP contribution in [0.15, 0.2) is 53.9 Å². The van der Waals surface area contributed by atoms with Crippen molar-refractivity contribution in [3.05, 3.63) is 70.6 Å². The van der Waals surface area contributed by atoms with Gasteiger partial charge in [-0.3, -0.25) is 14.5 Å². The molecule has 0 spiro atoms. The highest BCUT2D eigenvalue weighted by Gasteiger charge is 2.53. The molecule has 1 aliphatic carbocycles. The van der Waals surface area contributed by atoms with Gasteiger partial charge in [-0.2, -0.15) is 0 Å². The van der Waals surface area contributed by atoms with E-state index in [-0.39, 0.29) is 29.5 Å². The third kappa shape index (κ3) is 2.95. The fourth-order valence-corrected chi connectivity index (χ4v) is 5.03. The molecule has 4 unspecified atom stereocenters. The Morgan fingerprint density at radius 3 is 2.53 bits per heavy atom. The maximum Gasteiger partial charge on any atom is 0.295 e. The van der Waals surface area contributed by atoms with Gasteiger partial charge in [0.15, 0.2) is 11.5 Å². The zero-order valence-electron chi connectivity index (χ0n) is 17.6. The van der Waals surface area contributed by atoms with Crippen molar-refractivity contribution in [2.75, 3.05) is 4.90 Å². The van der Waals surface area contributed by atoms with Gasteiger partial charge in [0.05, 0.1) is 17.5 Å². The number of hydrogen-bond acceptors (Lipinski definition) is 4. The summed E-state index contributed by atoms with van der Waals surface area (Å²) in [6.07, 6.45) is 4.17. The van der Waals surface area contributed by atoms with Gasteiger partial charge in [-0.1, -0.05) is 36.8 Å². The highest BCUT2D eigenvalue weighted by atomic mass is 16.5. The summed E-state index contributed by atoms with van der Waals surface area (Å²) in [6.45, 7) is 6.18. The number of nitrogens with zero attached hydrogens (tertiary/aromatic N) is 2. The monoisotopic (exact) mass is 402 g/mol. The smallest absolute Gasteiger partial charge is 0.295 e. The van der Waals surface area contributed by atoms with Crippen molar-refractivity contribution < 1.29 is 14.3 Å². The fourth-order valence-electron chi connectivity index (χ4n) is 5.03. The molecule has 0 radical (unpaired) electrons. The lowest BCUT2D eigenvalue weighted by atomic mass is 9.74. The van der Waals surface area contributed by atoms with Crippen LogP contribution >= 0.6 is 0 Å². The molecule has 5 heteroatoms. The molecule has 1 saturated carbocycles. The predicted molar refractivity (Wildman–Crippen MR) is 114 cm³/mol. The molecule has 30 heavy (non-hydrogen) atoms. The van der Waals surface area contributed by atoms with Gasteiger partial charge in [0.2, 0.25) is 0 Å². The Morgan fingerprint density at radius 1 is 1.03 bits per heavy atom. The van der Waals surface area contributed by atoms with Crippen LogP contribution in [0.2, 0.25) is 0 Å². The van der Waals surface area contributed by atoms with Crippen LogP contribution in [-0.2, 0) is 14.3 Å². The summed E-state index contributed by atoms with van der Waals surface area (Å²) < 4.78 is 6.24. The second kappa shape index (κ2) is 7.08. The van der Waals surface area contributed by atoms with Crippen LogP contribution in [0.25, 0.3) is 0 Å². The average molecular weight is 402 g/mol. The maximum absolute atomic E-state index is 13.7. The number of ketones is 1. The van der Waals surface area contributed by atoms with Crippen molar-refractivity contribution in [3.63, 3.8) is 0 Å². The summed E-state index contributed by atoms with van der Waals surface area (Å²) in [5.74, 6) is 0.905. The largest absolute Gasteiger partial charge is 0.483 e. The number of carbonyl (C=O) groups is 2. The number of Topliss-reactive ketones (excluding diaryl/α,β-unsaturated/α-hetero) is 1. The van der Waals surface area contributed by atoms with Gasteiger partial charge in [-0.05, 0) is 62.3 Å². The van der Waals surface area contributed by atoms with Crippen LogP contribution < -0.4 is 4.90 Å². The minimum atomic E-state index is -0.506. The second-order valence-electron chi connectivity index (χ2n) is 8.97. The molecule has 3 aliphatic rings. The third-order valence-electron chi connectivity index (χ3n) is 6.65. The van der Waals surface area contributed by atoms with Gasteiger partial charge in [-0.15, -0.1) is 0 Å². The maximum atomic E-state index is 13.7. The van der Waals surface area contributed by atoms with Gasteiger partial charge in [0.1, 0.15) is 11.9 Å². The van der Waals surface area contributed by atoms with E-state index in [0.717, 1.165) is 36.0 Å². The molecular formula is C25H26N2O3. The molecule has 5 nitrogen and oxygen atoms in total. The summed E-state index contributed by atoms with van der Waals surface area (Å²) in [6, 6.07) is 11.3. The van der Waals surface area contributed by atoms with Crippen LogP contribution in [0.1, 0.15) is 48.9 Å². The molecule has 5 rings (SSSR count). The lowest BCUT2D eigenvalue weighted by Crippen LogP contribution is -2.41. The SMILES string of the molecule is Cc1ccc(C2C3=C(OC4CCC(C)CC4C3=O)C(=O)N2c2cc(C)ccn2)cc1. The summed E-state index contributed by atoms with van der Waals surface area (Å²) in [4.78, 5) is 33.3. The number of fused-ring (bicyclic) bond motifs is 1. The van der Waals surface area contributed by atoms with E-state index in [2.05, 4.69) is 11.9 Å². The minimum absolute atomic E-state index is 0.0712. The molecule has 2 aromatic rings. The number of hydrogen-bond donors (Lipinski definition) is 0. The normalized spacial score (nSPS) is 28.3. The first-order valence-corrected chi connectivity index (χ1v) is 10.7. The summed E-state index contributed by atoms with van der Waals surface area (Å²) >= 11 is 0. The van der Waals surface area contributed by atoms with Crippen molar-refractivity contribution in [2.45, 2.75) is 52.2 Å².